The average Bonchev–Trinajstić information content (AvgIpc) is 2.17. The number of carbonyl (C=O) groups is 2. The molecule has 0 aliphatic heterocycles. The van der Waals surface area contributed by atoms with Crippen LogP contribution in [0.1, 0.15) is 26.7 Å². The lowest BCUT2D eigenvalue weighted by Gasteiger charge is -2.21. The first-order valence-electron chi connectivity index (χ1n) is 4.64. The lowest BCUT2D eigenvalue weighted by Crippen LogP contribution is -2.45. The summed E-state index contributed by atoms with van der Waals surface area (Å²) in [6.07, 6.45) is 0.707. The maximum absolute atomic E-state index is 10.9. The second-order valence-electron chi connectivity index (χ2n) is 3.03. The molecule has 0 spiro atoms. The lowest BCUT2D eigenvalue weighted by molar-refractivity contribution is -0.140. The van der Waals surface area contributed by atoms with Crippen LogP contribution in [0.2, 0.25) is 0 Å². The molecule has 1 amide bonds. The van der Waals surface area contributed by atoms with Gasteiger partial charge in [-0.15, -0.1) is 0 Å². The van der Waals surface area contributed by atoms with Crippen LogP contribution in [0.4, 0.5) is 4.79 Å². The van der Waals surface area contributed by atoms with Crippen LogP contribution in [0.15, 0.2) is 0 Å². The zero-order chi connectivity index (χ0) is 11.1. The van der Waals surface area contributed by atoms with Gasteiger partial charge in [-0.05, 0) is 5.92 Å². The van der Waals surface area contributed by atoms with E-state index in [2.05, 4.69) is 10.1 Å². The van der Waals surface area contributed by atoms with Crippen LogP contribution >= 0.6 is 0 Å². The molecule has 0 aromatic carbocycles. The van der Waals surface area contributed by atoms with E-state index in [9.17, 15) is 9.59 Å². The summed E-state index contributed by atoms with van der Waals surface area (Å²) in [5.74, 6) is -1.09. The monoisotopic (exact) mass is 203 g/mol. The summed E-state index contributed by atoms with van der Waals surface area (Å²) < 4.78 is 4.36. The predicted molar refractivity (Wildman–Crippen MR) is 51.0 cm³/mol. The number of alkyl carbamates (subject to hydrolysis) is 1. The topological polar surface area (TPSA) is 75.6 Å². The molecule has 0 aromatic heterocycles. The van der Waals surface area contributed by atoms with E-state index >= 15 is 0 Å². The van der Waals surface area contributed by atoms with Crippen LogP contribution in [0.5, 0.6) is 0 Å². The van der Waals surface area contributed by atoms with E-state index in [4.69, 9.17) is 5.11 Å². The van der Waals surface area contributed by atoms with Crippen LogP contribution in [-0.4, -0.2) is 30.3 Å². The summed E-state index contributed by atoms with van der Waals surface area (Å²) in [5.41, 5.74) is 0. The van der Waals surface area contributed by atoms with Crippen molar-refractivity contribution in [3.63, 3.8) is 0 Å². The van der Waals surface area contributed by atoms with Crippen molar-refractivity contribution in [3.05, 3.63) is 0 Å². The normalized spacial score (nSPS) is 12.3. The van der Waals surface area contributed by atoms with Gasteiger partial charge in [-0.25, -0.2) is 9.59 Å². The van der Waals surface area contributed by atoms with Gasteiger partial charge in [-0.1, -0.05) is 26.7 Å². The molecule has 0 heterocycles. The molecule has 1 atom stereocenters. The second kappa shape index (κ2) is 6.23. The van der Waals surface area contributed by atoms with Gasteiger partial charge in [-0.3, -0.25) is 0 Å². The van der Waals surface area contributed by atoms with Gasteiger partial charge in [0.15, 0.2) is 0 Å². The van der Waals surface area contributed by atoms with Crippen LogP contribution in [0, 0.1) is 5.92 Å². The molecule has 5 nitrogen and oxygen atoms in total. The summed E-state index contributed by atoms with van der Waals surface area (Å²) in [4.78, 5) is 21.7. The standard InChI is InChI=1S/C9H17NO4/c1-4-6(5-2)7(8(11)12)10-9(13)14-3/h6-7H,4-5H2,1-3H3,(H,10,13)(H,11,12). The number of hydrogen-bond donors (Lipinski definition) is 2. The molecule has 14 heavy (non-hydrogen) atoms. The van der Waals surface area contributed by atoms with Crippen molar-refractivity contribution >= 4 is 12.1 Å². The quantitative estimate of drug-likeness (QED) is 0.704. The summed E-state index contributed by atoms with van der Waals surface area (Å²) in [6, 6.07) is -0.863. The Kier molecular flexibility index (Phi) is 5.67. The molecule has 5 heteroatoms. The van der Waals surface area contributed by atoms with Gasteiger partial charge in [-0.2, -0.15) is 0 Å². The number of carbonyl (C=O) groups excluding carboxylic acids is 1. The fraction of sp³-hybridized carbons (Fsp3) is 0.778. The molecular formula is C9H17NO4. The molecule has 0 fully saturated rings. The Balaban J connectivity index is 4.42. The SMILES string of the molecule is CCC(CC)C(NC(=O)OC)C(=O)O. The van der Waals surface area contributed by atoms with Gasteiger partial charge in [0.05, 0.1) is 7.11 Å². The number of ether oxygens (including phenoxy) is 1. The minimum atomic E-state index is -1.02. The van der Waals surface area contributed by atoms with Crippen LogP contribution in [0.25, 0.3) is 0 Å². The number of carboxylic acid groups (broad SMARTS) is 1. The first-order valence-corrected chi connectivity index (χ1v) is 4.64. The van der Waals surface area contributed by atoms with E-state index in [1.165, 1.54) is 7.11 Å². The van der Waals surface area contributed by atoms with E-state index in [0.29, 0.717) is 12.8 Å². The first kappa shape index (κ1) is 12.7. The average molecular weight is 203 g/mol. The van der Waals surface area contributed by atoms with E-state index in [0.717, 1.165) is 0 Å². The van der Waals surface area contributed by atoms with E-state index in [-0.39, 0.29) is 5.92 Å². The van der Waals surface area contributed by atoms with Crippen molar-refractivity contribution in [2.75, 3.05) is 7.11 Å². The molecule has 1 unspecified atom stereocenters. The molecule has 0 aliphatic rings. The minimum Gasteiger partial charge on any atom is -0.480 e. The van der Waals surface area contributed by atoms with Crippen LogP contribution < -0.4 is 5.32 Å². The fourth-order valence-electron chi connectivity index (χ4n) is 1.33. The van der Waals surface area contributed by atoms with E-state index in [1.54, 1.807) is 0 Å². The third kappa shape index (κ3) is 3.64. The number of amides is 1. The molecule has 0 bridgehead atoms. The molecule has 0 aliphatic carbocycles. The number of hydrogen-bond acceptors (Lipinski definition) is 3. The Labute approximate surface area is 83.4 Å². The number of rotatable bonds is 5. The van der Waals surface area contributed by atoms with Gasteiger partial charge in [0.25, 0.3) is 0 Å². The predicted octanol–water partition coefficient (Wildman–Crippen LogP) is 1.23. The minimum absolute atomic E-state index is 0.0633. The van der Waals surface area contributed by atoms with E-state index < -0.39 is 18.1 Å². The highest BCUT2D eigenvalue weighted by Crippen LogP contribution is 2.13. The molecule has 82 valence electrons. The highest BCUT2D eigenvalue weighted by Gasteiger charge is 2.27. The van der Waals surface area contributed by atoms with Crippen molar-refractivity contribution in [3.8, 4) is 0 Å². The van der Waals surface area contributed by atoms with Crippen molar-refractivity contribution in [2.24, 2.45) is 5.92 Å². The molecule has 0 saturated carbocycles. The zero-order valence-electron chi connectivity index (χ0n) is 8.74. The molecule has 0 radical (unpaired) electrons. The maximum atomic E-state index is 10.9. The molecule has 2 N–H and O–H groups in total. The Morgan fingerprint density at radius 3 is 2.14 bits per heavy atom. The van der Waals surface area contributed by atoms with Crippen molar-refractivity contribution in [1.29, 1.82) is 0 Å². The van der Waals surface area contributed by atoms with Gasteiger partial charge in [0, 0.05) is 0 Å². The Morgan fingerprint density at radius 2 is 1.86 bits per heavy atom. The van der Waals surface area contributed by atoms with E-state index in [1.807, 2.05) is 13.8 Å². The third-order valence-electron chi connectivity index (χ3n) is 2.24. The maximum Gasteiger partial charge on any atom is 0.407 e. The first-order chi connectivity index (χ1) is 6.56. The fourth-order valence-corrected chi connectivity index (χ4v) is 1.33. The van der Waals surface area contributed by atoms with Gasteiger partial charge >= 0.3 is 12.1 Å². The highest BCUT2D eigenvalue weighted by atomic mass is 16.5. The summed E-state index contributed by atoms with van der Waals surface area (Å²) in [7, 11) is 1.21. The summed E-state index contributed by atoms with van der Waals surface area (Å²) in [6.45, 7) is 3.78. The molecular weight excluding hydrogens is 186 g/mol. The molecule has 0 rings (SSSR count). The zero-order valence-corrected chi connectivity index (χ0v) is 8.74. The number of methoxy groups -OCH3 is 1. The molecule has 0 saturated heterocycles. The van der Waals surface area contributed by atoms with Crippen molar-refractivity contribution in [2.45, 2.75) is 32.7 Å². The number of nitrogens with one attached hydrogen (secondary N) is 1. The van der Waals surface area contributed by atoms with Gasteiger partial charge in [0.2, 0.25) is 0 Å². The van der Waals surface area contributed by atoms with Crippen LogP contribution in [0.3, 0.4) is 0 Å². The Hall–Kier alpha value is -1.26. The van der Waals surface area contributed by atoms with Crippen molar-refractivity contribution in [1.82, 2.24) is 5.32 Å². The largest absolute Gasteiger partial charge is 0.480 e. The number of aliphatic carboxylic acids is 1. The lowest BCUT2D eigenvalue weighted by atomic mass is 9.94. The number of carboxylic acids is 1. The second-order valence-corrected chi connectivity index (χ2v) is 3.03. The third-order valence-corrected chi connectivity index (χ3v) is 2.24. The Morgan fingerprint density at radius 1 is 1.36 bits per heavy atom. The smallest absolute Gasteiger partial charge is 0.407 e. The summed E-state index contributed by atoms with van der Waals surface area (Å²) >= 11 is 0. The van der Waals surface area contributed by atoms with Gasteiger partial charge in [0.1, 0.15) is 6.04 Å². The molecule has 0 aromatic rings. The van der Waals surface area contributed by atoms with Crippen molar-refractivity contribution < 1.29 is 19.4 Å². The summed E-state index contributed by atoms with van der Waals surface area (Å²) in [5, 5.41) is 11.2. The highest BCUT2D eigenvalue weighted by molar-refractivity contribution is 5.80. The Bertz CT molecular complexity index is 201. The van der Waals surface area contributed by atoms with Gasteiger partial charge < -0.3 is 15.2 Å². The van der Waals surface area contributed by atoms with Crippen LogP contribution in [-0.2, 0) is 9.53 Å².